The highest BCUT2D eigenvalue weighted by molar-refractivity contribution is 7.90. The molecule has 0 aliphatic carbocycles. The van der Waals surface area contributed by atoms with E-state index in [2.05, 4.69) is 4.98 Å². The molecule has 0 fully saturated rings. The standard InChI is InChI=1S/C24H18N2O5S/c1-15-7-9-16(10-8-15)32(28,29)26-19-6-4-3-5-17(19)18-13-14-25-22(23(18)26)20-11-12-21(31-20)24(27)30-2/h3-14H,1-2H3. The van der Waals surface area contributed by atoms with Crippen LogP contribution in [0.3, 0.4) is 0 Å². The van der Waals surface area contributed by atoms with Crippen LogP contribution in [0.4, 0.5) is 0 Å². The molecule has 5 rings (SSSR count). The third-order valence-corrected chi connectivity index (χ3v) is 7.05. The Balaban J connectivity index is 1.87. The summed E-state index contributed by atoms with van der Waals surface area (Å²) in [5, 5.41) is 1.47. The molecule has 0 saturated heterocycles. The Kier molecular flexibility index (Phi) is 4.60. The minimum atomic E-state index is -3.97. The molecule has 160 valence electrons. The van der Waals surface area contributed by atoms with Crippen molar-refractivity contribution in [2.75, 3.05) is 7.11 Å². The van der Waals surface area contributed by atoms with E-state index in [0.29, 0.717) is 22.1 Å². The highest BCUT2D eigenvalue weighted by Gasteiger charge is 2.27. The molecular formula is C24H18N2O5S. The smallest absolute Gasteiger partial charge is 0.373 e. The van der Waals surface area contributed by atoms with Crippen molar-refractivity contribution in [3.63, 3.8) is 0 Å². The Morgan fingerprint density at radius 3 is 2.47 bits per heavy atom. The van der Waals surface area contributed by atoms with E-state index >= 15 is 0 Å². The summed E-state index contributed by atoms with van der Waals surface area (Å²) < 4.78 is 39.3. The van der Waals surface area contributed by atoms with E-state index in [4.69, 9.17) is 9.15 Å². The van der Waals surface area contributed by atoms with Gasteiger partial charge in [-0.25, -0.2) is 17.2 Å². The Morgan fingerprint density at radius 2 is 1.72 bits per heavy atom. The molecule has 3 aromatic heterocycles. The van der Waals surface area contributed by atoms with Crippen LogP contribution in [0.5, 0.6) is 0 Å². The number of rotatable bonds is 4. The summed E-state index contributed by atoms with van der Waals surface area (Å²) in [5.74, 6) is -0.360. The van der Waals surface area contributed by atoms with Crippen molar-refractivity contribution in [3.05, 3.63) is 84.3 Å². The van der Waals surface area contributed by atoms with Gasteiger partial charge in [0.25, 0.3) is 10.0 Å². The summed E-state index contributed by atoms with van der Waals surface area (Å²) in [4.78, 5) is 16.4. The number of furan rings is 1. The number of pyridine rings is 1. The van der Waals surface area contributed by atoms with Crippen LogP contribution in [0.2, 0.25) is 0 Å². The average molecular weight is 446 g/mol. The van der Waals surface area contributed by atoms with Gasteiger partial charge in [-0.05, 0) is 43.3 Å². The number of methoxy groups -OCH3 is 1. The highest BCUT2D eigenvalue weighted by Crippen LogP contribution is 2.37. The van der Waals surface area contributed by atoms with Gasteiger partial charge in [-0.3, -0.25) is 4.98 Å². The van der Waals surface area contributed by atoms with Crippen LogP contribution in [0.1, 0.15) is 16.1 Å². The van der Waals surface area contributed by atoms with Crippen molar-refractivity contribution >= 4 is 37.8 Å². The summed E-state index contributed by atoms with van der Waals surface area (Å²) in [7, 11) is -2.71. The molecule has 0 atom stereocenters. The Bertz CT molecular complexity index is 1600. The second kappa shape index (κ2) is 7.35. The first-order valence-electron chi connectivity index (χ1n) is 9.81. The lowest BCUT2D eigenvalue weighted by molar-refractivity contribution is 0.0566. The number of benzene rings is 2. The molecule has 32 heavy (non-hydrogen) atoms. The predicted octanol–water partition coefficient (Wildman–Crippen LogP) is 4.78. The second-order valence-corrected chi connectivity index (χ2v) is 9.10. The zero-order chi connectivity index (χ0) is 22.5. The van der Waals surface area contributed by atoms with E-state index in [1.807, 2.05) is 19.1 Å². The van der Waals surface area contributed by atoms with Crippen LogP contribution in [-0.2, 0) is 14.8 Å². The van der Waals surface area contributed by atoms with Gasteiger partial charge in [0.2, 0.25) is 5.76 Å². The lowest BCUT2D eigenvalue weighted by Crippen LogP contribution is -2.13. The van der Waals surface area contributed by atoms with Gasteiger partial charge in [0.05, 0.1) is 23.0 Å². The largest absolute Gasteiger partial charge is 0.463 e. The van der Waals surface area contributed by atoms with Crippen molar-refractivity contribution < 1.29 is 22.4 Å². The number of hydrogen-bond acceptors (Lipinski definition) is 6. The SMILES string of the molecule is COC(=O)c1ccc(-c2nccc3c4ccccc4n(S(=O)(=O)c4ccc(C)cc4)c23)o1. The van der Waals surface area contributed by atoms with Crippen molar-refractivity contribution in [1.29, 1.82) is 0 Å². The fraction of sp³-hybridized carbons (Fsp3) is 0.0833. The maximum atomic E-state index is 13.8. The molecule has 0 amide bonds. The van der Waals surface area contributed by atoms with Crippen LogP contribution in [0.15, 0.2) is 82.2 Å². The first-order valence-corrected chi connectivity index (χ1v) is 11.2. The van der Waals surface area contributed by atoms with E-state index in [0.717, 1.165) is 10.9 Å². The molecule has 5 aromatic rings. The van der Waals surface area contributed by atoms with Gasteiger partial charge in [-0.15, -0.1) is 0 Å². The van der Waals surface area contributed by atoms with Crippen molar-refractivity contribution in [3.8, 4) is 11.5 Å². The summed E-state index contributed by atoms with van der Waals surface area (Å²) >= 11 is 0. The second-order valence-electron chi connectivity index (χ2n) is 7.31. The zero-order valence-corrected chi connectivity index (χ0v) is 18.1. The fourth-order valence-electron chi connectivity index (χ4n) is 3.80. The maximum absolute atomic E-state index is 13.8. The molecule has 2 aromatic carbocycles. The van der Waals surface area contributed by atoms with Gasteiger partial charge in [-0.1, -0.05) is 35.9 Å². The van der Waals surface area contributed by atoms with Crippen LogP contribution in [0, 0.1) is 6.92 Å². The Hall–Kier alpha value is -3.91. The van der Waals surface area contributed by atoms with Crippen molar-refractivity contribution in [1.82, 2.24) is 8.96 Å². The topological polar surface area (TPSA) is 91.4 Å². The molecule has 0 unspecified atom stereocenters. The Morgan fingerprint density at radius 1 is 0.969 bits per heavy atom. The lowest BCUT2D eigenvalue weighted by atomic mass is 10.1. The number of fused-ring (bicyclic) bond motifs is 3. The van der Waals surface area contributed by atoms with Gasteiger partial charge in [-0.2, -0.15) is 0 Å². The van der Waals surface area contributed by atoms with Gasteiger partial charge in [0.15, 0.2) is 5.76 Å². The first-order chi connectivity index (χ1) is 15.4. The normalized spacial score (nSPS) is 11.8. The van der Waals surface area contributed by atoms with Gasteiger partial charge >= 0.3 is 5.97 Å². The minimum Gasteiger partial charge on any atom is -0.463 e. The number of ether oxygens (including phenoxy) is 1. The van der Waals surface area contributed by atoms with Crippen LogP contribution in [-0.4, -0.2) is 30.5 Å². The summed E-state index contributed by atoms with van der Waals surface area (Å²) in [6.45, 7) is 1.90. The molecular weight excluding hydrogens is 428 g/mol. The molecule has 0 bridgehead atoms. The monoisotopic (exact) mass is 446 g/mol. The average Bonchev–Trinajstić information content (AvgIpc) is 3.42. The molecule has 0 radical (unpaired) electrons. The predicted molar refractivity (Wildman–Crippen MR) is 120 cm³/mol. The number of carbonyl (C=O) groups excluding carboxylic acids is 1. The molecule has 0 saturated carbocycles. The Labute approximate surface area is 183 Å². The quantitative estimate of drug-likeness (QED) is 0.369. The number of aromatic nitrogens is 2. The number of esters is 1. The van der Waals surface area contributed by atoms with Crippen molar-refractivity contribution in [2.45, 2.75) is 11.8 Å². The number of nitrogens with zero attached hydrogens (tertiary/aromatic N) is 2. The molecule has 0 aliphatic rings. The molecule has 0 aliphatic heterocycles. The van der Waals surface area contributed by atoms with E-state index < -0.39 is 16.0 Å². The third kappa shape index (κ3) is 2.99. The maximum Gasteiger partial charge on any atom is 0.373 e. The summed E-state index contributed by atoms with van der Waals surface area (Å²) in [6.07, 6.45) is 1.59. The number of hydrogen-bond donors (Lipinski definition) is 0. The van der Waals surface area contributed by atoms with Gasteiger partial charge in [0, 0.05) is 17.0 Å². The number of para-hydroxylation sites is 1. The number of aryl methyl sites for hydroxylation is 1. The van der Waals surface area contributed by atoms with Gasteiger partial charge in [0.1, 0.15) is 5.69 Å². The van der Waals surface area contributed by atoms with Crippen LogP contribution < -0.4 is 0 Å². The molecule has 7 nitrogen and oxygen atoms in total. The fourth-order valence-corrected chi connectivity index (χ4v) is 5.33. The number of carbonyl (C=O) groups is 1. The van der Waals surface area contributed by atoms with E-state index in [-0.39, 0.29) is 16.4 Å². The zero-order valence-electron chi connectivity index (χ0n) is 17.3. The minimum absolute atomic E-state index is 0.00496. The van der Waals surface area contributed by atoms with E-state index in [1.165, 1.54) is 17.1 Å². The van der Waals surface area contributed by atoms with Crippen LogP contribution >= 0.6 is 0 Å². The molecule has 0 spiro atoms. The third-order valence-electron chi connectivity index (χ3n) is 5.33. The summed E-state index contributed by atoms with van der Waals surface area (Å²) in [5.41, 5.74) is 2.17. The first kappa shape index (κ1) is 20.0. The van der Waals surface area contributed by atoms with Crippen molar-refractivity contribution in [2.24, 2.45) is 0 Å². The van der Waals surface area contributed by atoms with Gasteiger partial charge < -0.3 is 9.15 Å². The van der Waals surface area contributed by atoms with E-state index in [9.17, 15) is 13.2 Å². The van der Waals surface area contributed by atoms with E-state index in [1.54, 1.807) is 54.7 Å². The molecule has 0 N–H and O–H groups in total. The lowest BCUT2D eigenvalue weighted by Gasteiger charge is -2.11. The highest BCUT2D eigenvalue weighted by atomic mass is 32.2. The molecule has 3 heterocycles. The summed E-state index contributed by atoms with van der Waals surface area (Å²) in [6, 6.07) is 18.8. The van der Waals surface area contributed by atoms with Crippen LogP contribution in [0.25, 0.3) is 33.3 Å². The molecule has 8 heteroatoms.